The zero-order valence-corrected chi connectivity index (χ0v) is 19.2. The molecule has 0 unspecified atom stereocenters. The Labute approximate surface area is 183 Å². The minimum atomic E-state index is -3.64. The molecule has 10 heteroatoms. The Balaban J connectivity index is 1.58. The van der Waals surface area contributed by atoms with Crippen molar-refractivity contribution in [2.75, 3.05) is 58.9 Å². The molecule has 1 aromatic rings. The van der Waals surface area contributed by atoms with Crippen LogP contribution in [0.2, 0.25) is 10.0 Å². The van der Waals surface area contributed by atoms with Gasteiger partial charge >= 0.3 is 0 Å². The summed E-state index contributed by atoms with van der Waals surface area (Å²) in [5.74, 6) is 0.126. The number of benzene rings is 1. The number of likely N-dealkylation sites (N-methyl/N-ethyl adjacent to an activating group) is 1. The molecule has 0 N–H and O–H groups in total. The number of carbonyl (C=O) groups excluding carboxylic acids is 1. The molecule has 0 aliphatic carbocycles. The van der Waals surface area contributed by atoms with Crippen LogP contribution in [-0.4, -0.2) is 98.3 Å². The van der Waals surface area contributed by atoms with Crippen molar-refractivity contribution >= 4 is 39.1 Å². The fraction of sp³-hybridized carbons (Fsp3) is 0.632. The van der Waals surface area contributed by atoms with E-state index >= 15 is 0 Å². The van der Waals surface area contributed by atoms with E-state index < -0.39 is 10.0 Å². The maximum absolute atomic E-state index is 12.9. The summed E-state index contributed by atoms with van der Waals surface area (Å²) in [6.07, 6.45) is 0. The van der Waals surface area contributed by atoms with Crippen molar-refractivity contribution in [2.45, 2.75) is 24.8 Å². The van der Waals surface area contributed by atoms with E-state index in [9.17, 15) is 13.2 Å². The molecule has 2 heterocycles. The Morgan fingerprint density at radius 1 is 1.00 bits per heavy atom. The second-order valence-electron chi connectivity index (χ2n) is 7.45. The number of rotatable bonds is 5. The van der Waals surface area contributed by atoms with Gasteiger partial charge in [0.2, 0.25) is 15.9 Å². The molecule has 0 radical (unpaired) electrons. The quantitative estimate of drug-likeness (QED) is 0.667. The molecule has 162 valence electrons. The third kappa shape index (κ3) is 5.06. The second-order valence-corrected chi connectivity index (χ2v) is 10.2. The first kappa shape index (κ1) is 22.8. The van der Waals surface area contributed by atoms with Crippen LogP contribution in [0.5, 0.6) is 0 Å². The molecule has 7 nitrogen and oxygen atoms in total. The Hall–Kier alpha value is -0.900. The van der Waals surface area contributed by atoms with Gasteiger partial charge in [0.25, 0.3) is 0 Å². The van der Waals surface area contributed by atoms with Gasteiger partial charge in [0, 0.05) is 52.4 Å². The second kappa shape index (κ2) is 9.49. The molecule has 2 fully saturated rings. The average Bonchev–Trinajstić information content (AvgIpc) is 2.74. The summed E-state index contributed by atoms with van der Waals surface area (Å²) < 4.78 is 27.2. The van der Waals surface area contributed by atoms with E-state index in [0.29, 0.717) is 31.2 Å². The molecule has 0 saturated carbocycles. The van der Waals surface area contributed by atoms with E-state index in [1.54, 1.807) is 0 Å². The van der Waals surface area contributed by atoms with Crippen LogP contribution in [0.3, 0.4) is 0 Å². The van der Waals surface area contributed by atoms with E-state index in [-0.39, 0.29) is 21.9 Å². The number of hydrogen-bond donors (Lipinski definition) is 0. The number of nitrogens with zero attached hydrogens (tertiary/aromatic N) is 4. The van der Waals surface area contributed by atoms with Crippen LogP contribution < -0.4 is 0 Å². The molecule has 1 amide bonds. The van der Waals surface area contributed by atoms with Gasteiger partial charge < -0.3 is 9.80 Å². The summed E-state index contributed by atoms with van der Waals surface area (Å²) in [7, 11) is -3.64. The minimum absolute atomic E-state index is 0.126. The Morgan fingerprint density at radius 3 is 2.17 bits per heavy atom. The molecule has 2 saturated heterocycles. The van der Waals surface area contributed by atoms with Gasteiger partial charge in [-0.15, -0.1) is 0 Å². The number of carbonyl (C=O) groups is 1. The van der Waals surface area contributed by atoms with Crippen molar-refractivity contribution < 1.29 is 13.2 Å². The van der Waals surface area contributed by atoms with Gasteiger partial charge in [0.15, 0.2) is 0 Å². The highest BCUT2D eigenvalue weighted by molar-refractivity contribution is 7.89. The molecule has 29 heavy (non-hydrogen) atoms. The summed E-state index contributed by atoms with van der Waals surface area (Å²) >= 11 is 11.9. The monoisotopic (exact) mass is 462 g/mol. The van der Waals surface area contributed by atoms with Crippen molar-refractivity contribution in [3.8, 4) is 0 Å². The zero-order valence-electron chi connectivity index (χ0n) is 16.9. The first-order chi connectivity index (χ1) is 13.7. The van der Waals surface area contributed by atoms with Crippen LogP contribution in [0.25, 0.3) is 0 Å². The molecule has 1 aromatic carbocycles. The highest BCUT2D eigenvalue weighted by Gasteiger charge is 2.34. The predicted molar refractivity (Wildman–Crippen MR) is 115 cm³/mol. The molecular formula is C19H28Cl2N4O3S. The number of hydrogen-bond acceptors (Lipinski definition) is 5. The van der Waals surface area contributed by atoms with Crippen molar-refractivity contribution in [1.82, 2.24) is 19.0 Å². The van der Waals surface area contributed by atoms with Gasteiger partial charge in [-0.05, 0) is 31.7 Å². The standard InChI is InChI=1S/C19H28Cl2N4O3S/c1-3-22-6-8-24(9-7-22)19(26)15(2)23-10-12-25(13-11-23)29(27,28)16-4-5-17(20)18(21)14-16/h4-5,14-15H,3,6-13H2,1-2H3/t15-/m0/s1. The molecule has 1 atom stereocenters. The Kier molecular flexibility index (Phi) is 7.46. The SMILES string of the molecule is CCN1CCN(C(=O)[C@H](C)N2CCN(S(=O)(=O)c3ccc(Cl)c(Cl)c3)CC2)CC1. The molecular weight excluding hydrogens is 435 g/mol. The summed E-state index contributed by atoms with van der Waals surface area (Å²) in [5, 5.41) is 0.538. The van der Waals surface area contributed by atoms with Crippen LogP contribution in [0, 0.1) is 0 Å². The molecule has 0 aromatic heterocycles. The zero-order chi connectivity index (χ0) is 21.2. The molecule has 2 aliphatic rings. The van der Waals surface area contributed by atoms with Crippen molar-refractivity contribution in [3.05, 3.63) is 28.2 Å². The predicted octanol–water partition coefficient (Wildman–Crippen LogP) is 1.85. The van der Waals surface area contributed by atoms with E-state index in [1.807, 2.05) is 11.8 Å². The summed E-state index contributed by atoms with van der Waals surface area (Å²) in [5.41, 5.74) is 0. The topological polar surface area (TPSA) is 64.2 Å². The molecule has 0 spiro atoms. The van der Waals surface area contributed by atoms with Crippen LogP contribution in [0.4, 0.5) is 0 Å². The van der Waals surface area contributed by atoms with E-state index in [2.05, 4.69) is 16.7 Å². The van der Waals surface area contributed by atoms with Gasteiger partial charge in [0.1, 0.15) is 0 Å². The number of sulfonamides is 1. The van der Waals surface area contributed by atoms with Crippen LogP contribution in [0.1, 0.15) is 13.8 Å². The maximum atomic E-state index is 12.9. The first-order valence-corrected chi connectivity index (χ1v) is 12.1. The maximum Gasteiger partial charge on any atom is 0.243 e. The fourth-order valence-corrected chi connectivity index (χ4v) is 5.63. The molecule has 3 rings (SSSR count). The lowest BCUT2D eigenvalue weighted by atomic mass is 10.2. The van der Waals surface area contributed by atoms with Gasteiger partial charge in [-0.25, -0.2) is 8.42 Å². The Morgan fingerprint density at radius 2 is 1.62 bits per heavy atom. The highest BCUT2D eigenvalue weighted by Crippen LogP contribution is 2.27. The largest absolute Gasteiger partial charge is 0.339 e. The number of amides is 1. The average molecular weight is 463 g/mol. The summed E-state index contributed by atoms with van der Waals surface area (Å²) in [4.78, 5) is 19.3. The summed E-state index contributed by atoms with van der Waals surface area (Å²) in [6, 6.07) is 4.09. The third-order valence-electron chi connectivity index (χ3n) is 5.84. The number of halogens is 2. The lowest BCUT2D eigenvalue weighted by Gasteiger charge is -2.40. The first-order valence-electron chi connectivity index (χ1n) is 9.94. The van der Waals surface area contributed by atoms with Crippen LogP contribution >= 0.6 is 23.2 Å². The minimum Gasteiger partial charge on any atom is -0.339 e. The van der Waals surface area contributed by atoms with E-state index in [0.717, 1.165) is 32.7 Å². The van der Waals surface area contributed by atoms with Gasteiger partial charge in [-0.1, -0.05) is 30.1 Å². The van der Waals surface area contributed by atoms with E-state index in [1.165, 1.54) is 22.5 Å². The molecule has 2 aliphatic heterocycles. The lowest BCUT2D eigenvalue weighted by Crippen LogP contribution is -2.57. The fourth-order valence-electron chi connectivity index (χ4n) is 3.82. The van der Waals surface area contributed by atoms with Crippen LogP contribution in [0.15, 0.2) is 23.1 Å². The normalized spacial score (nSPS) is 21.3. The highest BCUT2D eigenvalue weighted by atomic mass is 35.5. The van der Waals surface area contributed by atoms with Gasteiger partial charge in [0.05, 0.1) is 21.0 Å². The molecule has 0 bridgehead atoms. The van der Waals surface area contributed by atoms with Gasteiger partial charge in [-0.3, -0.25) is 9.69 Å². The summed E-state index contributed by atoms with van der Waals surface area (Å²) in [6.45, 7) is 10.1. The third-order valence-corrected chi connectivity index (χ3v) is 8.47. The lowest BCUT2D eigenvalue weighted by molar-refractivity contribution is -0.138. The van der Waals surface area contributed by atoms with E-state index in [4.69, 9.17) is 23.2 Å². The van der Waals surface area contributed by atoms with Crippen molar-refractivity contribution in [3.63, 3.8) is 0 Å². The van der Waals surface area contributed by atoms with Crippen LogP contribution in [-0.2, 0) is 14.8 Å². The van der Waals surface area contributed by atoms with Gasteiger partial charge in [-0.2, -0.15) is 4.31 Å². The smallest absolute Gasteiger partial charge is 0.243 e. The Bertz CT molecular complexity index is 836. The number of piperazine rings is 2. The van der Waals surface area contributed by atoms with Crippen molar-refractivity contribution in [2.24, 2.45) is 0 Å². The van der Waals surface area contributed by atoms with Crippen molar-refractivity contribution in [1.29, 1.82) is 0 Å².